The van der Waals surface area contributed by atoms with Gasteiger partial charge in [-0.25, -0.2) is 3.64 Å². The molecule has 0 saturated heterocycles. The van der Waals surface area contributed by atoms with Crippen LogP contribution >= 0.6 is 22.9 Å². The van der Waals surface area contributed by atoms with E-state index in [0.717, 1.165) is 0 Å². The smallest absolute Gasteiger partial charge is 0.0332 e. The molecule has 32 valence electrons. The zero-order valence-corrected chi connectivity index (χ0v) is 4.82. The normalized spacial score (nSPS) is 4.40. The first kappa shape index (κ1) is 9.01. The Morgan fingerprint density at radius 3 is 1.80 bits per heavy atom. The van der Waals surface area contributed by atoms with Gasteiger partial charge in [0, 0.05) is 22.9 Å². The lowest BCUT2D eigenvalue weighted by Crippen LogP contribution is -2.04. The molecule has 0 aromatic rings. The molecule has 0 aliphatic heterocycles. The van der Waals surface area contributed by atoms with Gasteiger partial charge in [0.2, 0.25) is 0 Å². The van der Waals surface area contributed by atoms with Crippen molar-refractivity contribution >= 4 is 29.6 Å². The maximum Gasteiger partial charge on any atom is 0.0332 e. The summed E-state index contributed by atoms with van der Waals surface area (Å²) in [5.41, 5.74) is 0. The average Bonchev–Trinajstić information content (AvgIpc) is 1.46. The van der Waals surface area contributed by atoms with Crippen LogP contribution in [-0.4, -0.2) is 6.72 Å². The summed E-state index contributed by atoms with van der Waals surface area (Å²) in [5.74, 6) is 4.58. The lowest BCUT2D eigenvalue weighted by molar-refractivity contribution is 1.18. The van der Waals surface area contributed by atoms with E-state index in [-0.39, 0.29) is 0 Å². The molecule has 5 heavy (non-hydrogen) atoms. The molecule has 0 radical (unpaired) electrons. The van der Waals surface area contributed by atoms with Gasteiger partial charge in [-0.1, -0.05) is 0 Å². The summed E-state index contributed by atoms with van der Waals surface area (Å²) in [5, 5.41) is 5.50. The van der Waals surface area contributed by atoms with E-state index in [1.54, 1.807) is 0 Å². The van der Waals surface area contributed by atoms with E-state index in [4.69, 9.17) is 5.41 Å². The third-order valence-electron chi connectivity index (χ3n) is 0. The summed E-state index contributed by atoms with van der Waals surface area (Å²) in [7, 11) is 0. The van der Waals surface area contributed by atoms with Crippen molar-refractivity contribution in [2.45, 2.75) is 0 Å². The molecule has 0 unspecified atom stereocenters. The van der Waals surface area contributed by atoms with E-state index < -0.39 is 0 Å². The van der Waals surface area contributed by atoms with Crippen LogP contribution in [0.2, 0.25) is 0 Å². The van der Waals surface area contributed by atoms with Crippen molar-refractivity contribution in [3.63, 3.8) is 0 Å². The summed E-state index contributed by atoms with van der Waals surface area (Å²) in [6.07, 6.45) is 0. The molecule has 0 bridgehead atoms. The average molecular weight is 187 g/mol. The maximum absolute atomic E-state index is 5.50. The Kier molecular flexibility index (Phi) is 49.2. The Morgan fingerprint density at radius 1 is 1.80 bits per heavy atom. The minimum absolute atomic E-state index is 1.82. The third kappa shape index (κ3) is 227. The van der Waals surface area contributed by atoms with Crippen LogP contribution in [0.15, 0.2) is 0 Å². The van der Waals surface area contributed by atoms with E-state index in [2.05, 4.69) is 16.2 Å². The molecule has 0 spiro atoms. The van der Waals surface area contributed by atoms with E-state index in [1.165, 1.54) is 0 Å². The zero-order valence-electron chi connectivity index (χ0n) is 2.66. The van der Waals surface area contributed by atoms with Gasteiger partial charge in [0.05, 0.1) is 0 Å². The summed E-state index contributed by atoms with van der Waals surface area (Å²) < 4.78 is 2.22. The fourth-order valence-electron chi connectivity index (χ4n) is 0. The van der Waals surface area contributed by atoms with E-state index in [1.807, 2.05) is 22.9 Å². The quantitative estimate of drug-likeness (QED) is 0.165. The molecule has 0 aromatic heterocycles. The van der Waals surface area contributed by atoms with Gasteiger partial charge in [0.1, 0.15) is 0 Å². The van der Waals surface area contributed by atoms with E-state index >= 15 is 0 Å². The first-order valence-electron chi connectivity index (χ1n) is 0.831. The molecule has 0 aliphatic rings. The molecule has 0 fully saturated rings. The topological polar surface area (TPSA) is 61.9 Å². The third-order valence-corrected chi connectivity index (χ3v) is 0. The molecule has 0 atom stereocenters. The fraction of sp³-hybridized carbons (Fsp3) is 0. The predicted molar refractivity (Wildman–Crippen MR) is 31.2 cm³/mol. The number of hydrogen-bond acceptors (Lipinski definition) is 3. The summed E-state index contributed by atoms with van der Waals surface area (Å²) in [6, 6.07) is 0. The monoisotopic (exact) mass is 187 g/mol. The number of halogens is 1. The molecule has 3 nitrogen and oxygen atoms in total. The van der Waals surface area contributed by atoms with Crippen LogP contribution in [0, 0.1) is 5.41 Å². The van der Waals surface area contributed by atoms with Crippen LogP contribution in [0.1, 0.15) is 0 Å². The molecule has 0 saturated carbocycles. The lowest BCUT2D eigenvalue weighted by Gasteiger charge is -1.58. The zero-order chi connectivity index (χ0) is 4.71. The van der Waals surface area contributed by atoms with Crippen molar-refractivity contribution in [2.24, 2.45) is 5.84 Å². The number of rotatable bonds is 0. The minimum Gasteiger partial charge on any atom is -0.317 e. The molecular weight excluding hydrogens is 181 g/mol. The first-order valence-corrected chi connectivity index (χ1v) is 1.91. The van der Waals surface area contributed by atoms with Gasteiger partial charge in [0.15, 0.2) is 0 Å². The van der Waals surface area contributed by atoms with Gasteiger partial charge in [-0.3, -0.25) is 5.84 Å². The van der Waals surface area contributed by atoms with Gasteiger partial charge in [-0.15, -0.1) is 0 Å². The highest BCUT2D eigenvalue weighted by molar-refractivity contribution is 14.1. The predicted octanol–water partition coefficient (Wildman–Crippen LogP) is 0.0655. The molecule has 4 heteroatoms. The van der Waals surface area contributed by atoms with Crippen molar-refractivity contribution in [3.8, 4) is 0 Å². The first-order chi connectivity index (χ1) is 2.41. The Labute approximate surface area is 44.9 Å². The summed E-state index contributed by atoms with van der Waals surface area (Å²) in [6.45, 7) is 2.50. The molecule has 0 aromatic carbocycles. The van der Waals surface area contributed by atoms with Gasteiger partial charge in [-0.05, 0) is 6.72 Å². The number of nitrogens with two attached hydrogens (primary N) is 1. The Bertz CT molecular complexity index is 10.9. The van der Waals surface area contributed by atoms with Gasteiger partial charge in [-0.2, -0.15) is 0 Å². The van der Waals surface area contributed by atoms with Crippen LogP contribution in [0.25, 0.3) is 0 Å². The van der Waals surface area contributed by atoms with Crippen molar-refractivity contribution in [1.82, 2.24) is 3.64 Å². The number of hydrazine groups is 1. The highest BCUT2D eigenvalue weighted by Gasteiger charge is 1.27. The minimum atomic E-state index is 1.82. The number of nitrogens with one attached hydrogen (secondary N) is 2. The van der Waals surface area contributed by atoms with Crippen LogP contribution in [0.3, 0.4) is 0 Å². The van der Waals surface area contributed by atoms with Crippen LogP contribution in [0.5, 0.6) is 0 Å². The second-order valence-corrected chi connectivity index (χ2v) is 0.732. The van der Waals surface area contributed by atoms with Gasteiger partial charge in [0.25, 0.3) is 0 Å². The lowest BCUT2D eigenvalue weighted by atomic mass is 11.8. The second kappa shape index (κ2) is 27.3. The van der Waals surface area contributed by atoms with Crippen molar-refractivity contribution < 1.29 is 0 Å². The second-order valence-electron chi connectivity index (χ2n) is 0.109. The Balaban J connectivity index is 0. The molecule has 4 N–H and O–H groups in total. The van der Waals surface area contributed by atoms with Crippen LogP contribution in [-0.2, 0) is 0 Å². The standard InChI is InChI=1S/CH3N.H3IN2/c1-2;1-3-2/h2H,1H2;3H,2H2. The van der Waals surface area contributed by atoms with Crippen molar-refractivity contribution in [3.05, 3.63) is 0 Å². The molecular formula is CH6IN3. The maximum atomic E-state index is 5.50. The van der Waals surface area contributed by atoms with Crippen molar-refractivity contribution in [1.29, 1.82) is 5.41 Å². The van der Waals surface area contributed by atoms with Gasteiger partial charge < -0.3 is 5.41 Å². The van der Waals surface area contributed by atoms with Crippen molar-refractivity contribution in [2.75, 3.05) is 0 Å². The van der Waals surface area contributed by atoms with Crippen LogP contribution in [0.4, 0.5) is 0 Å². The van der Waals surface area contributed by atoms with Gasteiger partial charge >= 0.3 is 0 Å². The molecule has 0 aliphatic carbocycles. The Morgan fingerprint density at radius 2 is 1.80 bits per heavy atom. The number of hydrogen-bond donors (Lipinski definition) is 3. The fourth-order valence-corrected chi connectivity index (χ4v) is 0. The summed E-state index contributed by atoms with van der Waals surface area (Å²) in [4.78, 5) is 0. The highest BCUT2D eigenvalue weighted by atomic mass is 127. The van der Waals surface area contributed by atoms with E-state index in [9.17, 15) is 0 Å². The Hall–Kier alpha value is 0.320. The molecule has 0 rings (SSSR count). The molecule has 0 amide bonds. The van der Waals surface area contributed by atoms with Crippen LogP contribution < -0.4 is 9.48 Å². The van der Waals surface area contributed by atoms with E-state index in [0.29, 0.717) is 0 Å². The molecule has 0 heterocycles. The summed E-state index contributed by atoms with van der Waals surface area (Å²) >= 11 is 1.82. The largest absolute Gasteiger partial charge is 0.317 e. The SMILES string of the molecule is C=N.NNI. The highest BCUT2D eigenvalue weighted by Crippen LogP contribution is 1.45.